The standard InChI is InChI=1S/C38H49N3O11.C37H48N2O11.C35H43NO10.CH4/c1-3-4-19-50-22-17-39-34(43)9-5-10-35(44)40-27-12-14-29-28-13-11-26(33(42)8-6-20-49-21-7-18-48-2)23-30(28)32(31(29)24-27)25-51-38(47)52-41-36(45)15-16-37(41)46;1-45-18-6-21-47-20-5-11-32(40)29-10-4-9-27-31(25-49-37(44)50-39-34(42)15-16-35(39)43)30-24-26(13-14-28(30)36(27)29)8-3-12-33(41)38-17-23-48-22-7-19-46-2;1-3-4-17-43-18-5-8-31(37)24-10-12-26-27-13-11-25(32(38)9-6-19-44-20-7-16-42-2)22-29(27)30(28(26)21-24)23-45-35(41)46-36-33(39)14-15-34(36)40;/h11-14,23-24,32H,3-10,15-22,25H2,1-2H3,(H,39,43)(H,40,44);4,9-10,13-14,24,31H,3,5-8,11-12,15-23,25H2,1-2H3,(H,38,41);10-13,21-22,30H,3-9,14-20,23H2,1-2H3;1H4. The molecule has 0 radical (unpaired) electrons. The molecule has 9 amide bonds. The van der Waals surface area contributed by atoms with Gasteiger partial charge in [-0.2, -0.15) is 0 Å². The minimum atomic E-state index is -1.21. The molecule has 38 nitrogen and oxygen atoms in total. The zero-order valence-corrected chi connectivity index (χ0v) is 85.7. The molecule has 38 heteroatoms. The van der Waals surface area contributed by atoms with Gasteiger partial charge in [0, 0.05) is 263 Å². The molecule has 3 unspecified atom stereocenters. The molecule has 6 aliphatic rings. The second-order valence-electron chi connectivity index (χ2n) is 36.1. The van der Waals surface area contributed by atoms with E-state index in [2.05, 4.69) is 29.8 Å². The fraction of sp³-hybridized carbons (Fsp3) is 0.532. The first-order valence-corrected chi connectivity index (χ1v) is 51.2. The molecule has 3 heterocycles. The van der Waals surface area contributed by atoms with E-state index in [0.717, 1.165) is 124 Å². The summed E-state index contributed by atoms with van der Waals surface area (Å²) in [5.74, 6) is -5.78. The van der Waals surface area contributed by atoms with E-state index in [1.807, 2.05) is 66.7 Å². The maximum Gasteiger partial charge on any atom is 0.533 e. The van der Waals surface area contributed by atoms with Crippen LogP contribution in [0.15, 0.2) is 109 Å². The first kappa shape index (κ1) is 120. The highest BCUT2D eigenvalue weighted by atomic mass is 16.8. The zero-order valence-electron chi connectivity index (χ0n) is 85.7. The minimum Gasteiger partial charge on any atom is -0.432 e. The van der Waals surface area contributed by atoms with Crippen molar-refractivity contribution in [2.24, 2.45) is 0 Å². The van der Waals surface area contributed by atoms with Gasteiger partial charge in [-0.3, -0.25) is 76.8 Å². The van der Waals surface area contributed by atoms with Crippen molar-refractivity contribution in [2.75, 3.05) is 172 Å². The fourth-order valence-electron chi connectivity index (χ4n) is 17.5. The highest BCUT2D eigenvalue weighted by Crippen LogP contribution is 2.50. The van der Waals surface area contributed by atoms with Crippen LogP contribution in [-0.4, -0.2) is 277 Å². The van der Waals surface area contributed by atoms with Crippen LogP contribution in [0.2, 0.25) is 0 Å². The Hall–Kier alpha value is -12.8. The van der Waals surface area contributed by atoms with Gasteiger partial charge < -0.3 is 77.5 Å². The lowest BCUT2D eigenvalue weighted by Gasteiger charge is -2.17. The number of carbonyl (C=O) groups excluding carboxylic acids is 16. The minimum absolute atomic E-state index is 0. The predicted octanol–water partition coefficient (Wildman–Crippen LogP) is 16.0. The van der Waals surface area contributed by atoms with Gasteiger partial charge in [-0.25, -0.2) is 14.4 Å². The summed E-state index contributed by atoms with van der Waals surface area (Å²) in [5, 5.41) is 9.85. The Morgan fingerprint density at radius 3 is 1.01 bits per heavy atom. The Balaban J connectivity index is 0.000000248. The Morgan fingerprint density at radius 1 is 0.309 bits per heavy atom. The Labute approximate surface area is 869 Å². The summed E-state index contributed by atoms with van der Waals surface area (Å²) in [5.41, 5.74) is 13.4. The van der Waals surface area contributed by atoms with Crippen LogP contribution in [0.3, 0.4) is 0 Å². The van der Waals surface area contributed by atoms with Gasteiger partial charge in [0.1, 0.15) is 19.8 Å². The van der Waals surface area contributed by atoms with Crippen LogP contribution < -0.4 is 16.0 Å². The fourth-order valence-corrected chi connectivity index (χ4v) is 17.5. The van der Waals surface area contributed by atoms with Crippen LogP contribution in [0, 0.1) is 0 Å². The number of benzene rings is 6. The number of fused-ring (bicyclic) bond motifs is 9. The van der Waals surface area contributed by atoms with E-state index in [1.54, 1.807) is 70.9 Å². The molecule has 810 valence electrons. The summed E-state index contributed by atoms with van der Waals surface area (Å²) >= 11 is 0. The van der Waals surface area contributed by atoms with Crippen LogP contribution in [0.5, 0.6) is 0 Å². The van der Waals surface area contributed by atoms with E-state index in [0.29, 0.717) is 233 Å². The molecule has 0 spiro atoms. The maximum absolute atomic E-state index is 13.5. The van der Waals surface area contributed by atoms with Gasteiger partial charge in [0.05, 0.1) is 13.2 Å². The first-order chi connectivity index (χ1) is 71.9. The quantitative estimate of drug-likeness (QED) is 0.0105. The smallest absolute Gasteiger partial charge is 0.432 e. The maximum atomic E-state index is 13.5. The average Bonchev–Trinajstić information content (AvgIpc) is 1.63. The van der Waals surface area contributed by atoms with E-state index in [4.69, 9.17) is 76.1 Å². The molecule has 6 aromatic rings. The number of anilines is 1. The summed E-state index contributed by atoms with van der Waals surface area (Å²) in [7, 11) is 6.56. The summed E-state index contributed by atoms with van der Waals surface area (Å²) in [4.78, 5) is 214. The van der Waals surface area contributed by atoms with E-state index in [1.165, 1.54) is 0 Å². The molecule has 6 aromatic carbocycles. The Morgan fingerprint density at radius 2 is 0.631 bits per heavy atom. The molecule has 0 saturated carbocycles. The summed E-state index contributed by atoms with van der Waals surface area (Å²) in [6, 6.07) is 33.2. The topological polar surface area (TPSA) is 467 Å². The van der Waals surface area contributed by atoms with Crippen LogP contribution in [0.1, 0.15) is 293 Å². The number of nitrogens with zero attached hydrogens (tertiary/aromatic N) is 3. The van der Waals surface area contributed by atoms with Crippen molar-refractivity contribution in [3.8, 4) is 33.4 Å². The van der Waals surface area contributed by atoms with E-state index >= 15 is 0 Å². The van der Waals surface area contributed by atoms with E-state index in [9.17, 15) is 76.7 Å². The second kappa shape index (κ2) is 65.3. The second-order valence-corrected chi connectivity index (χ2v) is 36.1. The molecule has 3 aliphatic carbocycles. The van der Waals surface area contributed by atoms with Crippen molar-refractivity contribution in [2.45, 2.75) is 219 Å². The van der Waals surface area contributed by atoms with Gasteiger partial charge in [0.2, 0.25) is 17.7 Å². The predicted molar refractivity (Wildman–Crippen MR) is 545 cm³/mol. The number of nitrogens with one attached hydrogen (secondary N) is 3. The molecule has 3 fully saturated rings. The van der Waals surface area contributed by atoms with Gasteiger partial charge in [-0.1, -0.05) is 128 Å². The zero-order chi connectivity index (χ0) is 106. The van der Waals surface area contributed by atoms with Gasteiger partial charge in [0.15, 0.2) is 23.1 Å². The number of amides is 9. The lowest BCUT2D eigenvalue weighted by atomic mass is 9.93. The van der Waals surface area contributed by atoms with Gasteiger partial charge >= 0.3 is 18.5 Å². The lowest BCUT2D eigenvalue weighted by molar-refractivity contribution is -0.177. The molecular formula is C111H144N6O32. The highest BCUT2D eigenvalue weighted by Gasteiger charge is 2.41. The third-order valence-electron chi connectivity index (χ3n) is 25.1. The summed E-state index contributed by atoms with van der Waals surface area (Å²) < 4.78 is 69.6. The van der Waals surface area contributed by atoms with Crippen LogP contribution >= 0.6 is 0 Å². The molecule has 3 aliphatic heterocycles. The molecule has 12 rings (SSSR count). The molecule has 3 N–H and O–H groups in total. The van der Waals surface area contributed by atoms with E-state index in [-0.39, 0.29) is 126 Å². The van der Waals surface area contributed by atoms with Gasteiger partial charge in [0.25, 0.3) is 35.4 Å². The van der Waals surface area contributed by atoms with Crippen LogP contribution in [0.25, 0.3) is 33.4 Å². The average molecular weight is 2070 g/mol. The highest BCUT2D eigenvalue weighted by molar-refractivity contribution is 6.06. The number of carbonyl (C=O) groups is 16. The number of Topliss-reactive ketones (excluding diaryl/α,β-unsaturated/α-hetero) is 4. The molecule has 0 aromatic heterocycles. The monoisotopic (exact) mass is 2070 g/mol. The molecule has 0 bridgehead atoms. The van der Waals surface area contributed by atoms with Crippen molar-refractivity contribution in [1.82, 2.24) is 25.8 Å². The number of methoxy groups -OCH3 is 4. The number of imide groups is 3. The summed E-state index contributed by atoms with van der Waals surface area (Å²) in [6.45, 7) is 13.4. The number of hydrogen-bond acceptors (Lipinski definition) is 32. The Kier molecular flexibility index (Phi) is 52.5. The normalized spacial score (nSPS) is 14.8. The first-order valence-electron chi connectivity index (χ1n) is 51.2. The van der Waals surface area contributed by atoms with Crippen molar-refractivity contribution >= 4 is 100 Å². The van der Waals surface area contributed by atoms with Gasteiger partial charge in [-0.05, 0) is 186 Å². The molecule has 149 heavy (non-hydrogen) atoms. The number of unbranched alkanes of at least 4 members (excludes halogenated alkanes) is 2. The van der Waals surface area contributed by atoms with Crippen LogP contribution in [-0.2, 0) is 126 Å². The molecule has 3 saturated heterocycles. The van der Waals surface area contributed by atoms with E-state index < -0.39 is 71.7 Å². The third-order valence-corrected chi connectivity index (χ3v) is 25.1. The number of hydroxylamine groups is 6. The number of ether oxygens (including phenoxy) is 13. The molecule has 3 atom stereocenters. The number of rotatable bonds is 66. The largest absolute Gasteiger partial charge is 0.533 e. The number of hydrogen-bond donors (Lipinski definition) is 3. The van der Waals surface area contributed by atoms with Crippen molar-refractivity contribution in [3.63, 3.8) is 0 Å². The van der Waals surface area contributed by atoms with Crippen LogP contribution in [0.4, 0.5) is 20.1 Å². The third kappa shape index (κ3) is 37.7. The number of aryl methyl sites for hydroxylation is 1. The van der Waals surface area contributed by atoms with Crippen molar-refractivity contribution < 1.29 is 153 Å². The number of ketones is 4. The molecular weight excluding hydrogens is 1930 g/mol. The Bertz CT molecular complexity index is 5460. The van der Waals surface area contributed by atoms with Crippen molar-refractivity contribution in [1.29, 1.82) is 0 Å². The summed E-state index contributed by atoms with van der Waals surface area (Å²) in [6.07, 6.45) is 9.25. The lowest BCUT2D eigenvalue weighted by Crippen LogP contribution is -2.32. The SMILES string of the molecule is C.CCCCOCCCC(=O)c1ccc2c(c1)C(COC(=O)ON1C(=O)CCC1=O)c1cc(C(=O)CCCOCCCOC)ccc1-2.CCCCOCCNC(=O)CCCC(=O)Nc1ccc2c(c1)C(COC(=O)ON1C(=O)CCC1=O)c1cc(C(=O)CCCOCCCOC)ccc1-2.COCCCOCCCC(=O)c1cccc2c1-c1ccc(CCCC(=O)NCCOCCCOC)cc1C2COC(=O)ON1C(=O)CCC1=O. The van der Waals surface area contributed by atoms with Crippen molar-refractivity contribution in [3.05, 3.63) is 170 Å². The van der Waals surface area contributed by atoms with Gasteiger partial charge in [-0.15, -0.1) is 0 Å².